The SMILES string of the molecule is CCn1c(CNC(=O)CCc2nc(-c3ccc(C(C)C)cc3)no2)n[nH]c1=S. The van der Waals surface area contributed by atoms with Crippen LogP contribution in [0.25, 0.3) is 11.4 Å². The first-order valence-electron chi connectivity index (χ1n) is 9.31. The number of H-pyrrole nitrogens is 1. The van der Waals surface area contributed by atoms with Crippen LogP contribution >= 0.6 is 12.2 Å². The standard InChI is InChI=1S/C19H24N6O2S/c1-4-25-15(22-23-19(25)28)11-20-16(26)9-10-17-21-18(24-27-17)14-7-5-13(6-8-14)12(2)3/h5-8,12H,4,9-11H2,1-3H3,(H,20,26)(H,23,28). The van der Waals surface area contributed by atoms with Gasteiger partial charge in [-0.2, -0.15) is 10.1 Å². The summed E-state index contributed by atoms with van der Waals surface area (Å²) in [6.07, 6.45) is 0.634. The molecule has 1 aromatic carbocycles. The molecule has 148 valence electrons. The van der Waals surface area contributed by atoms with Crippen LogP contribution in [-0.4, -0.2) is 30.8 Å². The minimum Gasteiger partial charge on any atom is -0.349 e. The van der Waals surface area contributed by atoms with Gasteiger partial charge in [0.2, 0.25) is 17.6 Å². The maximum absolute atomic E-state index is 12.1. The van der Waals surface area contributed by atoms with Gasteiger partial charge in [-0.1, -0.05) is 43.3 Å². The molecule has 2 heterocycles. The highest BCUT2D eigenvalue weighted by Gasteiger charge is 2.12. The molecular formula is C19H24N6O2S. The summed E-state index contributed by atoms with van der Waals surface area (Å²) in [6, 6.07) is 8.10. The van der Waals surface area contributed by atoms with Crippen molar-refractivity contribution in [1.82, 2.24) is 30.2 Å². The summed E-state index contributed by atoms with van der Waals surface area (Å²) in [6.45, 7) is 7.29. The highest BCUT2D eigenvalue weighted by atomic mass is 32.1. The lowest BCUT2D eigenvalue weighted by Gasteiger charge is -2.05. The van der Waals surface area contributed by atoms with Gasteiger partial charge < -0.3 is 14.4 Å². The number of aromatic amines is 1. The fraction of sp³-hybridized carbons (Fsp3) is 0.421. The molecule has 0 aliphatic carbocycles. The Morgan fingerprint density at radius 2 is 2.07 bits per heavy atom. The molecule has 0 bridgehead atoms. The highest BCUT2D eigenvalue weighted by Crippen LogP contribution is 2.20. The molecule has 28 heavy (non-hydrogen) atoms. The Hall–Kier alpha value is -2.81. The van der Waals surface area contributed by atoms with Gasteiger partial charge in [0, 0.05) is 24.9 Å². The van der Waals surface area contributed by atoms with E-state index < -0.39 is 0 Å². The van der Waals surface area contributed by atoms with E-state index in [-0.39, 0.29) is 12.3 Å². The van der Waals surface area contributed by atoms with E-state index in [0.29, 0.717) is 47.7 Å². The zero-order chi connectivity index (χ0) is 20.1. The first kappa shape index (κ1) is 19.9. The normalized spacial score (nSPS) is 11.1. The molecular weight excluding hydrogens is 376 g/mol. The van der Waals surface area contributed by atoms with Gasteiger partial charge in [0.05, 0.1) is 6.54 Å². The van der Waals surface area contributed by atoms with Gasteiger partial charge in [-0.05, 0) is 30.6 Å². The smallest absolute Gasteiger partial charge is 0.227 e. The van der Waals surface area contributed by atoms with E-state index in [0.717, 1.165) is 5.56 Å². The number of hydrogen-bond acceptors (Lipinski definition) is 6. The number of carbonyl (C=O) groups excluding carboxylic acids is 1. The lowest BCUT2D eigenvalue weighted by molar-refractivity contribution is -0.121. The van der Waals surface area contributed by atoms with Crippen LogP contribution in [-0.2, 0) is 24.3 Å². The maximum Gasteiger partial charge on any atom is 0.227 e. The summed E-state index contributed by atoms with van der Waals surface area (Å²) in [4.78, 5) is 16.5. The quantitative estimate of drug-likeness (QED) is 0.562. The minimum atomic E-state index is -0.113. The predicted molar refractivity (Wildman–Crippen MR) is 107 cm³/mol. The first-order chi connectivity index (χ1) is 13.5. The van der Waals surface area contributed by atoms with E-state index in [4.69, 9.17) is 16.7 Å². The van der Waals surface area contributed by atoms with Gasteiger partial charge in [0.15, 0.2) is 10.6 Å². The van der Waals surface area contributed by atoms with Crippen molar-refractivity contribution in [3.8, 4) is 11.4 Å². The summed E-state index contributed by atoms with van der Waals surface area (Å²) >= 11 is 5.13. The molecule has 3 aromatic rings. The number of aryl methyl sites for hydroxylation is 1. The van der Waals surface area contributed by atoms with Crippen LogP contribution in [0.4, 0.5) is 0 Å². The van der Waals surface area contributed by atoms with Gasteiger partial charge >= 0.3 is 0 Å². The Labute approximate surface area is 168 Å². The number of rotatable bonds is 8. The fourth-order valence-corrected chi connectivity index (χ4v) is 3.07. The first-order valence-corrected chi connectivity index (χ1v) is 9.72. The molecule has 0 radical (unpaired) electrons. The zero-order valence-corrected chi connectivity index (χ0v) is 17.0. The summed E-state index contributed by atoms with van der Waals surface area (Å²) in [5.41, 5.74) is 2.15. The van der Waals surface area contributed by atoms with Crippen molar-refractivity contribution in [2.45, 2.75) is 52.6 Å². The van der Waals surface area contributed by atoms with Gasteiger partial charge in [-0.15, -0.1) is 0 Å². The Morgan fingerprint density at radius 3 is 2.75 bits per heavy atom. The van der Waals surface area contributed by atoms with Crippen molar-refractivity contribution < 1.29 is 9.32 Å². The maximum atomic E-state index is 12.1. The predicted octanol–water partition coefficient (Wildman–Crippen LogP) is 3.38. The van der Waals surface area contributed by atoms with Crippen LogP contribution < -0.4 is 5.32 Å². The Morgan fingerprint density at radius 1 is 1.32 bits per heavy atom. The second kappa shape index (κ2) is 8.92. The van der Waals surface area contributed by atoms with Crippen LogP contribution in [0.2, 0.25) is 0 Å². The summed E-state index contributed by atoms with van der Waals surface area (Å²) in [5.74, 6) is 2.03. The van der Waals surface area contributed by atoms with Gasteiger partial charge in [-0.3, -0.25) is 9.89 Å². The number of amides is 1. The van der Waals surface area contributed by atoms with Crippen molar-refractivity contribution >= 4 is 18.1 Å². The molecule has 0 saturated heterocycles. The molecule has 0 aliphatic rings. The van der Waals surface area contributed by atoms with Gasteiger partial charge in [0.1, 0.15) is 0 Å². The number of benzene rings is 1. The van der Waals surface area contributed by atoms with Crippen molar-refractivity contribution in [3.05, 3.63) is 46.3 Å². The Balaban J connectivity index is 1.52. The third-order valence-corrected chi connectivity index (χ3v) is 4.78. The van der Waals surface area contributed by atoms with Crippen LogP contribution in [0.15, 0.2) is 28.8 Å². The van der Waals surface area contributed by atoms with E-state index in [2.05, 4.69) is 51.6 Å². The van der Waals surface area contributed by atoms with E-state index in [1.165, 1.54) is 5.56 Å². The van der Waals surface area contributed by atoms with Crippen LogP contribution in [0.3, 0.4) is 0 Å². The summed E-state index contributed by atoms with van der Waals surface area (Å²) in [5, 5.41) is 13.7. The molecule has 0 atom stereocenters. The van der Waals surface area contributed by atoms with Gasteiger partial charge in [0.25, 0.3) is 0 Å². The van der Waals surface area contributed by atoms with Crippen molar-refractivity contribution in [2.24, 2.45) is 0 Å². The van der Waals surface area contributed by atoms with Crippen LogP contribution in [0.5, 0.6) is 0 Å². The molecule has 2 aromatic heterocycles. The largest absolute Gasteiger partial charge is 0.349 e. The Bertz CT molecular complexity index is 987. The number of aromatic nitrogens is 5. The van der Waals surface area contributed by atoms with Gasteiger partial charge in [-0.25, -0.2) is 0 Å². The summed E-state index contributed by atoms with van der Waals surface area (Å²) in [7, 11) is 0. The van der Waals surface area contributed by atoms with E-state index in [1.54, 1.807) is 0 Å². The van der Waals surface area contributed by atoms with E-state index in [1.807, 2.05) is 23.6 Å². The number of nitrogens with one attached hydrogen (secondary N) is 2. The molecule has 0 spiro atoms. The second-order valence-electron chi connectivity index (χ2n) is 6.75. The third-order valence-electron chi connectivity index (χ3n) is 4.47. The molecule has 0 saturated carbocycles. The molecule has 0 unspecified atom stereocenters. The molecule has 2 N–H and O–H groups in total. The Kier molecular flexibility index (Phi) is 6.35. The fourth-order valence-electron chi connectivity index (χ4n) is 2.79. The van der Waals surface area contributed by atoms with Crippen molar-refractivity contribution in [2.75, 3.05) is 0 Å². The van der Waals surface area contributed by atoms with E-state index in [9.17, 15) is 4.79 Å². The third kappa shape index (κ3) is 4.72. The molecule has 9 heteroatoms. The molecule has 0 aliphatic heterocycles. The monoisotopic (exact) mass is 400 g/mol. The average Bonchev–Trinajstić information content (AvgIpc) is 3.31. The van der Waals surface area contributed by atoms with Crippen LogP contribution in [0, 0.1) is 4.77 Å². The highest BCUT2D eigenvalue weighted by molar-refractivity contribution is 7.71. The number of nitrogens with zero attached hydrogens (tertiary/aromatic N) is 4. The lowest BCUT2D eigenvalue weighted by atomic mass is 10.0. The lowest BCUT2D eigenvalue weighted by Crippen LogP contribution is -2.25. The zero-order valence-electron chi connectivity index (χ0n) is 16.2. The molecule has 1 amide bonds. The van der Waals surface area contributed by atoms with Crippen molar-refractivity contribution in [3.63, 3.8) is 0 Å². The number of hydrogen-bond donors (Lipinski definition) is 2. The molecule has 3 rings (SSSR count). The second-order valence-corrected chi connectivity index (χ2v) is 7.14. The van der Waals surface area contributed by atoms with Crippen molar-refractivity contribution in [1.29, 1.82) is 0 Å². The van der Waals surface area contributed by atoms with E-state index >= 15 is 0 Å². The molecule has 0 fully saturated rings. The minimum absolute atomic E-state index is 0.113. The van der Waals surface area contributed by atoms with Crippen LogP contribution in [0.1, 0.15) is 50.4 Å². The molecule has 8 nitrogen and oxygen atoms in total. The average molecular weight is 401 g/mol. The number of carbonyl (C=O) groups is 1. The summed E-state index contributed by atoms with van der Waals surface area (Å²) < 4.78 is 7.66. The topological polar surface area (TPSA) is 102 Å².